The van der Waals surface area contributed by atoms with Gasteiger partial charge in [0.2, 0.25) is 5.91 Å². The lowest BCUT2D eigenvalue weighted by Crippen LogP contribution is -2.49. The van der Waals surface area contributed by atoms with E-state index >= 15 is 0 Å². The van der Waals surface area contributed by atoms with E-state index in [-0.39, 0.29) is 18.2 Å². The van der Waals surface area contributed by atoms with Crippen molar-refractivity contribution in [3.05, 3.63) is 41.4 Å². The molecule has 0 aromatic carbocycles. The normalized spacial score (nSPS) is 24.1. The predicted octanol–water partition coefficient (Wildman–Crippen LogP) is 1.77. The number of H-pyrrole nitrogens is 1. The molecular weight excluding hydrogens is 330 g/mol. The number of nitrogens with one attached hydrogen (secondary N) is 2. The summed E-state index contributed by atoms with van der Waals surface area (Å²) in [6.45, 7) is 2.15. The Kier molecular flexibility index (Phi) is 4.22. The lowest BCUT2D eigenvalue weighted by Gasteiger charge is -2.32. The Morgan fingerprint density at radius 1 is 1.31 bits per heavy atom. The zero-order chi connectivity index (χ0) is 18.1. The molecule has 1 aromatic rings. The molecule has 4 rings (SSSR count). The second-order valence-corrected chi connectivity index (χ2v) is 7.26. The number of rotatable bonds is 4. The highest BCUT2D eigenvalue weighted by Gasteiger charge is 2.46. The molecule has 0 spiro atoms. The molecule has 2 aliphatic heterocycles. The van der Waals surface area contributed by atoms with Crippen molar-refractivity contribution in [1.29, 1.82) is 0 Å². The number of allylic oxidation sites excluding steroid dienone is 2. The van der Waals surface area contributed by atoms with Crippen LogP contribution in [-0.4, -0.2) is 38.3 Å². The third kappa shape index (κ3) is 2.87. The molecule has 1 atom stereocenters. The molecule has 26 heavy (non-hydrogen) atoms. The van der Waals surface area contributed by atoms with Crippen molar-refractivity contribution in [2.24, 2.45) is 4.99 Å². The first-order valence-electron chi connectivity index (χ1n) is 9.17. The topological polar surface area (TPSA) is 90.4 Å². The minimum Gasteiger partial charge on any atom is -0.350 e. The van der Waals surface area contributed by atoms with E-state index in [1.807, 2.05) is 12.2 Å². The molecule has 1 aliphatic carbocycles. The van der Waals surface area contributed by atoms with Gasteiger partial charge in [-0.15, -0.1) is 0 Å². The monoisotopic (exact) mass is 353 g/mol. The number of aromatic nitrogens is 2. The van der Waals surface area contributed by atoms with Crippen LogP contribution in [0.2, 0.25) is 0 Å². The SMILES string of the molecule is CC1(CC(=O)NCc2n[nH]c3c2CCCCC3)C(=O)N=C2C=CC=CN21. The van der Waals surface area contributed by atoms with Crippen LogP contribution in [0.3, 0.4) is 0 Å². The lowest BCUT2D eigenvalue weighted by atomic mass is 9.95. The zero-order valence-electron chi connectivity index (χ0n) is 14.9. The van der Waals surface area contributed by atoms with E-state index in [0.717, 1.165) is 25.0 Å². The van der Waals surface area contributed by atoms with Crippen LogP contribution in [0.25, 0.3) is 0 Å². The predicted molar refractivity (Wildman–Crippen MR) is 97.3 cm³/mol. The number of hydrogen-bond acceptors (Lipinski definition) is 4. The summed E-state index contributed by atoms with van der Waals surface area (Å²) < 4.78 is 0. The molecule has 1 unspecified atom stereocenters. The molecule has 2 amide bonds. The van der Waals surface area contributed by atoms with Gasteiger partial charge in [-0.05, 0) is 50.3 Å². The fourth-order valence-electron chi connectivity index (χ4n) is 3.86. The van der Waals surface area contributed by atoms with Crippen molar-refractivity contribution in [1.82, 2.24) is 20.4 Å². The van der Waals surface area contributed by atoms with E-state index in [9.17, 15) is 9.59 Å². The molecule has 0 radical (unpaired) electrons. The van der Waals surface area contributed by atoms with Gasteiger partial charge in [-0.2, -0.15) is 10.1 Å². The van der Waals surface area contributed by atoms with Crippen molar-refractivity contribution in [3.8, 4) is 0 Å². The summed E-state index contributed by atoms with van der Waals surface area (Å²) in [7, 11) is 0. The van der Waals surface area contributed by atoms with E-state index in [4.69, 9.17) is 0 Å². The third-order valence-corrected chi connectivity index (χ3v) is 5.40. The van der Waals surface area contributed by atoms with Crippen molar-refractivity contribution < 1.29 is 9.59 Å². The smallest absolute Gasteiger partial charge is 0.274 e. The minimum absolute atomic E-state index is 0.0592. The third-order valence-electron chi connectivity index (χ3n) is 5.40. The first-order chi connectivity index (χ1) is 12.6. The van der Waals surface area contributed by atoms with Crippen molar-refractivity contribution in [2.45, 2.75) is 57.5 Å². The average molecular weight is 353 g/mol. The summed E-state index contributed by atoms with van der Waals surface area (Å²) in [5.41, 5.74) is 2.40. The number of nitrogens with zero attached hydrogens (tertiary/aromatic N) is 3. The van der Waals surface area contributed by atoms with Crippen LogP contribution < -0.4 is 5.32 Å². The van der Waals surface area contributed by atoms with Crippen molar-refractivity contribution in [3.63, 3.8) is 0 Å². The van der Waals surface area contributed by atoms with Gasteiger partial charge in [0.1, 0.15) is 11.4 Å². The number of aliphatic imine (C=N–C) groups is 1. The minimum atomic E-state index is -0.969. The summed E-state index contributed by atoms with van der Waals surface area (Å²) in [5.74, 6) is 0.128. The Balaban J connectivity index is 1.41. The van der Waals surface area contributed by atoms with Gasteiger partial charge in [-0.25, -0.2) is 0 Å². The van der Waals surface area contributed by atoms with Crippen LogP contribution in [0.1, 0.15) is 49.6 Å². The number of hydrogen-bond donors (Lipinski definition) is 2. The molecule has 0 fully saturated rings. The van der Waals surface area contributed by atoms with Crippen molar-refractivity contribution >= 4 is 17.6 Å². The summed E-state index contributed by atoms with van der Waals surface area (Å²) in [4.78, 5) is 30.7. The molecule has 136 valence electrons. The molecule has 7 heteroatoms. The molecule has 3 aliphatic rings. The fraction of sp³-hybridized carbons (Fsp3) is 0.474. The zero-order valence-corrected chi connectivity index (χ0v) is 14.9. The maximum Gasteiger partial charge on any atom is 0.274 e. The number of fused-ring (bicyclic) bond motifs is 2. The number of amides is 2. The van der Waals surface area contributed by atoms with Gasteiger partial charge in [0.25, 0.3) is 5.91 Å². The van der Waals surface area contributed by atoms with E-state index in [0.29, 0.717) is 12.4 Å². The lowest BCUT2D eigenvalue weighted by molar-refractivity contribution is -0.131. The molecule has 0 bridgehead atoms. The molecule has 2 N–H and O–H groups in total. The van der Waals surface area contributed by atoms with Crippen molar-refractivity contribution in [2.75, 3.05) is 0 Å². The van der Waals surface area contributed by atoms with E-state index in [2.05, 4.69) is 20.5 Å². The van der Waals surface area contributed by atoms with E-state index in [1.54, 1.807) is 24.1 Å². The highest BCUT2D eigenvalue weighted by atomic mass is 16.2. The first-order valence-corrected chi connectivity index (χ1v) is 9.17. The summed E-state index contributed by atoms with van der Waals surface area (Å²) in [6, 6.07) is 0. The van der Waals surface area contributed by atoms with Crippen LogP contribution in [0, 0.1) is 0 Å². The molecule has 3 heterocycles. The van der Waals surface area contributed by atoms with Crippen LogP contribution in [-0.2, 0) is 29.0 Å². The Morgan fingerprint density at radius 3 is 3.04 bits per heavy atom. The maximum absolute atomic E-state index is 12.5. The average Bonchev–Trinajstić information content (AvgIpc) is 3.01. The van der Waals surface area contributed by atoms with Gasteiger partial charge in [-0.3, -0.25) is 14.7 Å². The van der Waals surface area contributed by atoms with E-state index in [1.165, 1.54) is 24.1 Å². The second-order valence-electron chi connectivity index (χ2n) is 7.26. The first kappa shape index (κ1) is 16.8. The van der Waals surface area contributed by atoms with Crippen LogP contribution in [0.5, 0.6) is 0 Å². The Labute approximate surface area is 152 Å². The Morgan fingerprint density at radius 2 is 2.15 bits per heavy atom. The van der Waals surface area contributed by atoms with Gasteiger partial charge in [0.05, 0.1) is 18.7 Å². The van der Waals surface area contributed by atoms with E-state index < -0.39 is 5.54 Å². The fourth-order valence-corrected chi connectivity index (χ4v) is 3.86. The Bertz CT molecular complexity index is 835. The number of aryl methyl sites for hydroxylation is 1. The van der Waals surface area contributed by atoms with Crippen LogP contribution >= 0.6 is 0 Å². The number of aromatic amines is 1. The van der Waals surface area contributed by atoms with Crippen LogP contribution in [0.4, 0.5) is 0 Å². The summed E-state index contributed by atoms with van der Waals surface area (Å²) in [5, 5.41) is 10.4. The number of carbonyl (C=O) groups excluding carboxylic acids is 2. The number of carbonyl (C=O) groups is 2. The largest absolute Gasteiger partial charge is 0.350 e. The molecular formula is C19H23N5O2. The summed E-state index contributed by atoms with van der Waals surface area (Å²) in [6.07, 6.45) is 12.9. The highest BCUT2D eigenvalue weighted by Crippen LogP contribution is 2.30. The second kappa shape index (κ2) is 6.55. The Hall–Kier alpha value is -2.70. The molecule has 0 saturated carbocycles. The van der Waals surface area contributed by atoms with Crippen LogP contribution in [0.15, 0.2) is 29.4 Å². The molecule has 7 nitrogen and oxygen atoms in total. The number of amidine groups is 1. The van der Waals surface area contributed by atoms with Gasteiger partial charge < -0.3 is 10.2 Å². The van der Waals surface area contributed by atoms with Gasteiger partial charge in [-0.1, -0.05) is 12.5 Å². The molecule has 1 aromatic heterocycles. The maximum atomic E-state index is 12.5. The molecule has 0 saturated heterocycles. The quantitative estimate of drug-likeness (QED) is 0.807. The standard InChI is InChI=1S/C19H23N5O2/c1-19(18(26)21-16-9-5-6-10-24(16)19)11-17(25)20-12-15-13-7-3-2-4-8-14(13)22-23-15/h5-6,9-10H,2-4,7-8,11-12H2,1H3,(H,20,25)(H,22,23). The van der Waals surface area contributed by atoms with Gasteiger partial charge in [0, 0.05) is 11.9 Å². The summed E-state index contributed by atoms with van der Waals surface area (Å²) >= 11 is 0. The highest BCUT2D eigenvalue weighted by molar-refractivity contribution is 6.13. The van der Waals surface area contributed by atoms with Gasteiger partial charge in [0.15, 0.2) is 0 Å². The van der Waals surface area contributed by atoms with Gasteiger partial charge >= 0.3 is 0 Å².